The second-order valence-electron chi connectivity index (χ2n) is 5.56. The summed E-state index contributed by atoms with van der Waals surface area (Å²) in [4.78, 5) is 13.2. The lowest BCUT2D eigenvalue weighted by Gasteiger charge is -2.34. The molecule has 0 bridgehead atoms. The van der Waals surface area contributed by atoms with Crippen LogP contribution in [0.5, 0.6) is 0 Å². The molecule has 1 fully saturated rings. The predicted molar refractivity (Wildman–Crippen MR) is 87.5 cm³/mol. The summed E-state index contributed by atoms with van der Waals surface area (Å²) in [5, 5.41) is 11.0. The van der Waals surface area contributed by atoms with Crippen LogP contribution in [-0.4, -0.2) is 60.9 Å². The van der Waals surface area contributed by atoms with E-state index in [2.05, 4.69) is 52.1 Å². The third-order valence-corrected chi connectivity index (χ3v) is 3.59. The van der Waals surface area contributed by atoms with Crippen LogP contribution >= 0.6 is 0 Å². The van der Waals surface area contributed by atoms with Gasteiger partial charge in [0.2, 0.25) is 0 Å². The molecule has 1 aliphatic heterocycles. The van der Waals surface area contributed by atoms with Gasteiger partial charge in [-0.25, -0.2) is 9.97 Å². The van der Waals surface area contributed by atoms with E-state index >= 15 is 0 Å². The smallest absolute Gasteiger partial charge is 0.143 e. The van der Waals surface area contributed by atoms with Gasteiger partial charge in [0.1, 0.15) is 18.0 Å². The Balaban J connectivity index is 2.18. The average Bonchev–Trinajstić information content (AvgIpc) is 2.47. The molecule has 2 heterocycles. The van der Waals surface area contributed by atoms with E-state index in [0.29, 0.717) is 6.54 Å². The summed E-state index contributed by atoms with van der Waals surface area (Å²) in [6.45, 7) is 8.74. The SMILES string of the molecule is CC(C)=CCNc1ncnc(N2CCN(C)CC2)c1C=N. The quantitative estimate of drug-likeness (QED) is 0.636. The zero-order valence-electron chi connectivity index (χ0n) is 13.1. The number of piperazine rings is 1. The Morgan fingerprint density at radius 1 is 1.29 bits per heavy atom. The molecule has 1 aliphatic rings. The molecule has 0 radical (unpaired) electrons. The molecule has 6 heteroatoms. The molecule has 6 nitrogen and oxygen atoms in total. The van der Waals surface area contributed by atoms with Gasteiger partial charge in [0.15, 0.2) is 0 Å². The minimum absolute atomic E-state index is 0.711. The Hall–Kier alpha value is -1.95. The maximum atomic E-state index is 7.71. The number of nitrogens with zero attached hydrogens (tertiary/aromatic N) is 4. The van der Waals surface area contributed by atoms with Crippen molar-refractivity contribution in [1.82, 2.24) is 14.9 Å². The molecule has 0 atom stereocenters. The van der Waals surface area contributed by atoms with Gasteiger partial charge in [-0.1, -0.05) is 11.6 Å². The Labute approximate surface area is 126 Å². The minimum atomic E-state index is 0.711. The summed E-state index contributed by atoms with van der Waals surface area (Å²) in [5.74, 6) is 1.58. The molecule has 114 valence electrons. The largest absolute Gasteiger partial charge is 0.366 e. The van der Waals surface area contributed by atoms with Crippen LogP contribution in [0, 0.1) is 5.41 Å². The highest BCUT2D eigenvalue weighted by Gasteiger charge is 2.19. The van der Waals surface area contributed by atoms with Crippen molar-refractivity contribution < 1.29 is 0 Å². The normalized spacial score (nSPS) is 15.7. The third kappa shape index (κ3) is 4.01. The summed E-state index contributed by atoms with van der Waals surface area (Å²) in [6.07, 6.45) is 5.02. The molecule has 2 N–H and O–H groups in total. The molecular formula is C15H24N6. The highest BCUT2D eigenvalue weighted by atomic mass is 15.3. The van der Waals surface area contributed by atoms with Gasteiger partial charge in [-0.2, -0.15) is 0 Å². The molecule has 0 aromatic carbocycles. The van der Waals surface area contributed by atoms with Crippen molar-refractivity contribution in [3.8, 4) is 0 Å². The fraction of sp³-hybridized carbons (Fsp3) is 0.533. The van der Waals surface area contributed by atoms with Gasteiger partial charge in [-0.15, -0.1) is 0 Å². The molecule has 2 rings (SSSR count). The fourth-order valence-corrected chi connectivity index (χ4v) is 2.28. The van der Waals surface area contributed by atoms with Crippen molar-refractivity contribution in [3.05, 3.63) is 23.5 Å². The molecule has 0 saturated carbocycles. The molecule has 0 aliphatic carbocycles. The number of rotatable bonds is 5. The number of allylic oxidation sites excluding steroid dienone is 1. The van der Waals surface area contributed by atoms with Crippen LogP contribution in [0.15, 0.2) is 18.0 Å². The Kier molecular flexibility index (Phi) is 5.27. The Morgan fingerprint density at radius 2 is 2.00 bits per heavy atom. The zero-order chi connectivity index (χ0) is 15.2. The van der Waals surface area contributed by atoms with Gasteiger partial charge in [0, 0.05) is 38.9 Å². The minimum Gasteiger partial charge on any atom is -0.366 e. The topological polar surface area (TPSA) is 68.1 Å². The molecule has 0 spiro atoms. The van der Waals surface area contributed by atoms with E-state index in [1.165, 1.54) is 11.8 Å². The number of nitrogens with one attached hydrogen (secondary N) is 2. The number of anilines is 2. The fourth-order valence-electron chi connectivity index (χ4n) is 2.28. The van der Waals surface area contributed by atoms with Crippen LogP contribution in [-0.2, 0) is 0 Å². The van der Waals surface area contributed by atoms with Crippen LogP contribution in [0.4, 0.5) is 11.6 Å². The lowest BCUT2D eigenvalue weighted by Crippen LogP contribution is -2.45. The van der Waals surface area contributed by atoms with Crippen LogP contribution in [0.25, 0.3) is 0 Å². The van der Waals surface area contributed by atoms with Crippen LogP contribution < -0.4 is 10.2 Å². The van der Waals surface area contributed by atoms with Crippen molar-refractivity contribution in [2.75, 3.05) is 50.0 Å². The van der Waals surface area contributed by atoms with E-state index in [-0.39, 0.29) is 0 Å². The Morgan fingerprint density at radius 3 is 2.62 bits per heavy atom. The van der Waals surface area contributed by atoms with Crippen molar-refractivity contribution in [1.29, 1.82) is 5.41 Å². The summed E-state index contributed by atoms with van der Waals surface area (Å²) in [5.41, 5.74) is 2.02. The van der Waals surface area contributed by atoms with Crippen LogP contribution in [0.1, 0.15) is 19.4 Å². The van der Waals surface area contributed by atoms with Crippen molar-refractivity contribution >= 4 is 17.9 Å². The number of hydrogen-bond donors (Lipinski definition) is 2. The molecule has 1 aromatic rings. The lowest BCUT2D eigenvalue weighted by atomic mass is 10.2. The second kappa shape index (κ2) is 7.17. The summed E-state index contributed by atoms with van der Waals surface area (Å²) in [6, 6.07) is 0. The van der Waals surface area contributed by atoms with E-state index in [9.17, 15) is 0 Å². The molecule has 1 aromatic heterocycles. The lowest BCUT2D eigenvalue weighted by molar-refractivity contribution is 0.312. The first-order chi connectivity index (χ1) is 10.1. The molecular weight excluding hydrogens is 264 g/mol. The number of aromatic nitrogens is 2. The van der Waals surface area contributed by atoms with E-state index in [1.54, 1.807) is 6.33 Å². The predicted octanol–water partition coefficient (Wildman–Crippen LogP) is 1.60. The number of hydrogen-bond acceptors (Lipinski definition) is 6. The highest BCUT2D eigenvalue weighted by molar-refractivity contribution is 5.91. The average molecular weight is 288 g/mol. The van der Waals surface area contributed by atoms with Crippen molar-refractivity contribution in [2.24, 2.45) is 0 Å². The maximum Gasteiger partial charge on any atom is 0.143 e. The van der Waals surface area contributed by atoms with Gasteiger partial charge in [-0.05, 0) is 20.9 Å². The first kappa shape index (κ1) is 15.4. The summed E-state index contributed by atoms with van der Waals surface area (Å²) < 4.78 is 0. The molecule has 0 unspecified atom stereocenters. The zero-order valence-corrected chi connectivity index (χ0v) is 13.1. The Bertz CT molecular complexity index is 513. The second-order valence-corrected chi connectivity index (χ2v) is 5.56. The van der Waals surface area contributed by atoms with E-state index in [4.69, 9.17) is 5.41 Å². The number of likely N-dealkylation sites (N-methyl/N-ethyl adjacent to an activating group) is 1. The van der Waals surface area contributed by atoms with E-state index in [1.807, 2.05) is 0 Å². The van der Waals surface area contributed by atoms with Crippen LogP contribution in [0.2, 0.25) is 0 Å². The third-order valence-electron chi connectivity index (χ3n) is 3.59. The van der Waals surface area contributed by atoms with Gasteiger partial charge in [0.25, 0.3) is 0 Å². The van der Waals surface area contributed by atoms with E-state index in [0.717, 1.165) is 43.4 Å². The molecule has 21 heavy (non-hydrogen) atoms. The van der Waals surface area contributed by atoms with Crippen molar-refractivity contribution in [2.45, 2.75) is 13.8 Å². The van der Waals surface area contributed by atoms with E-state index < -0.39 is 0 Å². The van der Waals surface area contributed by atoms with Crippen LogP contribution in [0.3, 0.4) is 0 Å². The highest BCUT2D eigenvalue weighted by Crippen LogP contribution is 2.22. The summed E-state index contributed by atoms with van der Waals surface area (Å²) >= 11 is 0. The van der Waals surface area contributed by atoms with Gasteiger partial charge < -0.3 is 20.5 Å². The monoisotopic (exact) mass is 288 g/mol. The molecule has 0 amide bonds. The van der Waals surface area contributed by atoms with Crippen molar-refractivity contribution in [3.63, 3.8) is 0 Å². The first-order valence-corrected chi connectivity index (χ1v) is 7.28. The van der Waals surface area contributed by atoms with Gasteiger partial charge in [0.05, 0.1) is 5.56 Å². The standard InChI is InChI=1S/C15H24N6/c1-12(2)4-5-17-14-13(10-16)15(19-11-18-14)21-8-6-20(3)7-9-21/h4,10-11,16H,5-9H2,1-3H3,(H,17,18,19). The molecule has 1 saturated heterocycles. The first-order valence-electron chi connectivity index (χ1n) is 7.28. The maximum absolute atomic E-state index is 7.71. The van der Waals surface area contributed by atoms with Gasteiger partial charge >= 0.3 is 0 Å². The summed E-state index contributed by atoms with van der Waals surface area (Å²) in [7, 11) is 2.13. The van der Waals surface area contributed by atoms with Gasteiger partial charge in [-0.3, -0.25) is 0 Å².